The lowest BCUT2D eigenvalue weighted by Crippen LogP contribution is -2.23. The first-order valence-corrected chi connectivity index (χ1v) is 11.1. The molecule has 0 saturated carbocycles. The van der Waals surface area contributed by atoms with E-state index in [0.29, 0.717) is 16.5 Å². The number of aromatic nitrogens is 4. The number of sulfone groups is 1. The number of hydrogen-bond acceptors (Lipinski definition) is 6. The zero-order valence-corrected chi connectivity index (χ0v) is 16.6. The van der Waals surface area contributed by atoms with Gasteiger partial charge in [-0.3, -0.25) is 9.89 Å². The predicted octanol–water partition coefficient (Wildman–Crippen LogP) is 3.22. The number of hydrogen-bond donors (Lipinski definition) is 1. The van der Waals surface area contributed by atoms with E-state index >= 15 is 0 Å². The van der Waals surface area contributed by atoms with Crippen molar-refractivity contribution in [2.45, 2.75) is 16.3 Å². The van der Waals surface area contributed by atoms with Crippen molar-refractivity contribution in [1.82, 2.24) is 20.0 Å². The van der Waals surface area contributed by atoms with Crippen LogP contribution in [0, 0.1) is 0 Å². The molecule has 0 unspecified atom stereocenters. The number of fused-ring (bicyclic) bond motifs is 2. The Kier molecular flexibility index (Phi) is 4.07. The van der Waals surface area contributed by atoms with E-state index in [0.717, 1.165) is 10.1 Å². The van der Waals surface area contributed by atoms with Gasteiger partial charge in [0.15, 0.2) is 0 Å². The Bertz CT molecular complexity index is 1520. The van der Waals surface area contributed by atoms with E-state index in [4.69, 9.17) is 0 Å². The van der Waals surface area contributed by atoms with Crippen molar-refractivity contribution in [2.75, 3.05) is 0 Å². The summed E-state index contributed by atoms with van der Waals surface area (Å²) >= 11 is 1.56. The van der Waals surface area contributed by atoms with E-state index < -0.39 is 9.84 Å². The molecule has 7 nitrogen and oxygen atoms in total. The van der Waals surface area contributed by atoms with Gasteiger partial charge in [0.25, 0.3) is 5.56 Å². The SMILES string of the molecule is O=c1c2ccc(S(=O)(=O)c3ccc4sccc4c3)cc2cnn1Cc1cc[nH]n1. The molecule has 0 aliphatic rings. The maximum absolute atomic E-state index is 13.1. The van der Waals surface area contributed by atoms with Crippen molar-refractivity contribution in [3.8, 4) is 0 Å². The summed E-state index contributed by atoms with van der Waals surface area (Å²) in [5, 5.41) is 14.6. The summed E-state index contributed by atoms with van der Waals surface area (Å²) in [6.45, 7) is 0.235. The van der Waals surface area contributed by atoms with E-state index in [2.05, 4.69) is 15.3 Å². The number of nitrogens with zero attached hydrogens (tertiary/aromatic N) is 3. The third-order valence-corrected chi connectivity index (χ3v) is 7.39. The molecule has 0 saturated heterocycles. The fourth-order valence-corrected chi connectivity index (χ4v) is 5.33. The lowest BCUT2D eigenvalue weighted by molar-refractivity contribution is 0.596. The molecule has 0 aliphatic carbocycles. The lowest BCUT2D eigenvalue weighted by Gasteiger charge is -2.08. The normalized spacial score (nSPS) is 12.0. The summed E-state index contributed by atoms with van der Waals surface area (Å²) in [5.74, 6) is 0. The molecular formula is C20H14N4O3S2. The minimum Gasteiger partial charge on any atom is -0.285 e. The van der Waals surface area contributed by atoms with Gasteiger partial charge < -0.3 is 0 Å². The van der Waals surface area contributed by atoms with Crippen LogP contribution in [0.2, 0.25) is 0 Å². The van der Waals surface area contributed by atoms with Gasteiger partial charge in [0.1, 0.15) is 0 Å². The van der Waals surface area contributed by atoms with Gasteiger partial charge >= 0.3 is 0 Å². The molecule has 144 valence electrons. The van der Waals surface area contributed by atoms with Crippen molar-refractivity contribution in [2.24, 2.45) is 0 Å². The molecular weight excluding hydrogens is 408 g/mol. The van der Waals surface area contributed by atoms with Crippen LogP contribution in [0.3, 0.4) is 0 Å². The molecule has 2 aromatic carbocycles. The van der Waals surface area contributed by atoms with Crippen molar-refractivity contribution < 1.29 is 8.42 Å². The van der Waals surface area contributed by atoms with E-state index in [9.17, 15) is 13.2 Å². The highest BCUT2D eigenvalue weighted by Gasteiger charge is 2.19. The second-order valence-corrected chi connectivity index (χ2v) is 9.44. The van der Waals surface area contributed by atoms with Gasteiger partial charge in [0.05, 0.1) is 33.6 Å². The summed E-state index contributed by atoms with van der Waals surface area (Å²) in [6, 6.07) is 13.2. The third-order valence-electron chi connectivity index (χ3n) is 4.74. The molecule has 0 spiro atoms. The molecule has 3 heterocycles. The highest BCUT2D eigenvalue weighted by molar-refractivity contribution is 7.91. The first kappa shape index (κ1) is 17.8. The second-order valence-electron chi connectivity index (χ2n) is 6.55. The standard InChI is InChI=1S/C20H14N4O3S2/c25-20-18-3-1-16(10-14(18)11-22-24(20)12-15-5-7-21-23-15)29(26,27)17-2-4-19-13(9-17)6-8-28-19/h1-11H,12H2,(H,21,23). The molecule has 0 radical (unpaired) electrons. The summed E-state index contributed by atoms with van der Waals surface area (Å²) in [5.41, 5.74) is 0.385. The summed E-state index contributed by atoms with van der Waals surface area (Å²) in [6.07, 6.45) is 3.18. The molecule has 1 N–H and O–H groups in total. The fourth-order valence-electron chi connectivity index (χ4n) is 3.23. The maximum Gasteiger partial charge on any atom is 0.274 e. The number of thiophene rings is 1. The Balaban J connectivity index is 1.58. The minimum absolute atomic E-state index is 0.130. The number of benzene rings is 2. The molecule has 0 aliphatic heterocycles. The van der Waals surface area contributed by atoms with Crippen LogP contribution in [0.5, 0.6) is 0 Å². The van der Waals surface area contributed by atoms with Crippen molar-refractivity contribution in [3.05, 3.63) is 82.4 Å². The highest BCUT2D eigenvalue weighted by atomic mass is 32.2. The number of rotatable bonds is 4. The largest absolute Gasteiger partial charge is 0.285 e. The Hall–Kier alpha value is -3.30. The van der Waals surface area contributed by atoms with Crippen LogP contribution < -0.4 is 5.56 Å². The molecule has 3 aromatic heterocycles. The average molecular weight is 422 g/mol. The van der Waals surface area contributed by atoms with E-state index in [1.54, 1.807) is 35.7 Å². The van der Waals surface area contributed by atoms with Crippen LogP contribution in [0.1, 0.15) is 5.69 Å². The molecule has 0 amide bonds. The molecule has 29 heavy (non-hydrogen) atoms. The number of nitrogens with one attached hydrogen (secondary N) is 1. The average Bonchev–Trinajstić information content (AvgIpc) is 3.41. The summed E-state index contributed by atoms with van der Waals surface area (Å²) in [4.78, 5) is 13.1. The van der Waals surface area contributed by atoms with Gasteiger partial charge in [-0.25, -0.2) is 13.1 Å². The fraction of sp³-hybridized carbons (Fsp3) is 0.0500. The number of aromatic amines is 1. The minimum atomic E-state index is -3.71. The van der Waals surface area contributed by atoms with Gasteiger partial charge in [-0.2, -0.15) is 10.2 Å². The Morgan fingerprint density at radius 3 is 2.59 bits per heavy atom. The van der Waals surface area contributed by atoms with Gasteiger partial charge in [0, 0.05) is 16.3 Å². The zero-order chi connectivity index (χ0) is 20.0. The molecule has 9 heteroatoms. The maximum atomic E-state index is 13.1. The van der Waals surface area contributed by atoms with Gasteiger partial charge in [-0.1, -0.05) is 0 Å². The van der Waals surface area contributed by atoms with Gasteiger partial charge in [0.2, 0.25) is 9.84 Å². The first-order chi connectivity index (χ1) is 14.0. The summed E-state index contributed by atoms with van der Waals surface area (Å²) < 4.78 is 28.5. The Morgan fingerprint density at radius 2 is 1.79 bits per heavy atom. The molecule has 5 rings (SSSR count). The Morgan fingerprint density at radius 1 is 1.00 bits per heavy atom. The number of H-pyrrole nitrogens is 1. The van der Waals surface area contributed by atoms with Crippen molar-refractivity contribution >= 4 is 42.0 Å². The van der Waals surface area contributed by atoms with Crippen LogP contribution in [0.15, 0.2) is 80.9 Å². The van der Waals surface area contributed by atoms with Crippen LogP contribution in [0.25, 0.3) is 20.9 Å². The summed E-state index contributed by atoms with van der Waals surface area (Å²) in [7, 11) is -3.71. The lowest BCUT2D eigenvalue weighted by atomic mass is 10.2. The van der Waals surface area contributed by atoms with E-state index in [1.807, 2.05) is 17.5 Å². The van der Waals surface area contributed by atoms with Gasteiger partial charge in [-0.15, -0.1) is 11.3 Å². The third kappa shape index (κ3) is 3.04. The second kappa shape index (κ2) is 6.64. The van der Waals surface area contributed by atoms with Crippen LogP contribution in [-0.2, 0) is 16.4 Å². The molecule has 5 aromatic rings. The van der Waals surface area contributed by atoms with Crippen LogP contribution in [0.4, 0.5) is 0 Å². The Labute approximate surface area is 169 Å². The van der Waals surface area contributed by atoms with E-state index in [1.165, 1.54) is 29.1 Å². The van der Waals surface area contributed by atoms with Crippen LogP contribution in [-0.4, -0.2) is 28.4 Å². The topological polar surface area (TPSA) is 97.7 Å². The van der Waals surface area contributed by atoms with Crippen molar-refractivity contribution in [3.63, 3.8) is 0 Å². The first-order valence-electron chi connectivity index (χ1n) is 8.73. The molecule has 0 bridgehead atoms. The van der Waals surface area contributed by atoms with Crippen molar-refractivity contribution in [1.29, 1.82) is 0 Å². The quantitative estimate of drug-likeness (QED) is 0.480. The molecule has 0 fully saturated rings. The van der Waals surface area contributed by atoms with E-state index in [-0.39, 0.29) is 21.9 Å². The molecule has 0 atom stereocenters. The predicted molar refractivity (Wildman–Crippen MR) is 111 cm³/mol. The smallest absolute Gasteiger partial charge is 0.274 e. The highest BCUT2D eigenvalue weighted by Crippen LogP contribution is 2.28. The van der Waals surface area contributed by atoms with Crippen LogP contribution >= 0.6 is 11.3 Å². The van der Waals surface area contributed by atoms with Gasteiger partial charge in [-0.05, 0) is 59.3 Å². The monoisotopic (exact) mass is 422 g/mol. The zero-order valence-electron chi connectivity index (χ0n) is 14.9.